The predicted octanol–water partition coefficient (Wildman–Crippen LogP) is 4.80. The van der Waals surface area contributed by atoms with E-state index in [0.29, 0.717) is 12.1 Å². The van der Waals surface area contributed by atoms with E-state index in [0.717, 1.165) is 22.9 Å². The van der Waals surface area contributed by atoms with Crippen LogP contribution < -0.4 is 5.32 Å². The van der Waals surface area contributed by atoms with Crippen LogP contribution in [0.1, 0.15) is 26.7 Å². The summed E-state index contributed by atoms with van der Waals surface area (Å²) in [6.07, 6.45) is 0.601. The van der Waals surface area contributed by atoms with Gasteiger partial charge in [-0.2, -0.15) is 4.31 Å². The van der Waals surface area contributed by atoms with Gasteiger partial charge in [0.2, 0.25) is 15.9 Å². The zero-order chi connectivity index (χ0) is 21.7. The number of nitrogens with zero attached hydrogens (tertiary/aromatic N) is 1. The van der Waals surface area contributed by atoms with Gasteiger partial charge in [-0.25, -0.2) is 12.8 Å². The summed E-state index contributed by atoms with van der Waals surface area (Å²) in [5.74, 6) is -0.772. The second-order valence-corrected chi connectivity index (χ2v) is 9.08. The number of carbonyl (C=O) groups is 1. The van der Waals surface area contributed by atoms with Crippen molar-refractivity contribution in [2.45, 2.75) is 37.6 Å². The number of amides is 1. The quantitative estimate of drug-likeness (QED) is 0.561. The molecule has 3 aromatic carbocycles. The maximum Gasteiger partial charge on any atom is 0.243 e. The third-order valence-corrected chi connectivity index (χ3v) is 7.12. The molecule has 0 saturated heterocycles. The Hall–Kier alpha value is -2.77. The molecule has 0 aromatic heterocycles. The van der Waals surface area contributed by atoms with Crippen molar-refractivity contribution in [2.24, 2.45) is 0 Å². The molecule has 0 bridgehead atoms. The van der Waals surface area contributed by atoms with Gasteiger partial charge in [-0.1, -0.05) is 37.3 Å². The van der Waals surface area contributed by atoms with Crippen molar-refractivity contribution >= 4 is 32.4 Å². The fourth-order valence-corrected chi connectivity index (χ4v) is 4.93. The molecule has 0 saturated carbocycles. The maximum absolute atomic E-state index is 13.2. The number of rotatable bonds is 8. The standard InChI is InChI=1S/C23H25FN2O3S/c1-3-17(2)26(30(28,29)22-12-9-20(24)10-13-22)15-14-23(27)25-21-11-8-18-6-4-5-7-19(18)16-21/h4-13,16-17H,3,14-15H2,1-2H3,(H,25,27). The molecule has 3 aromatic rings. The van der Waals surface area contributed by atoms with E-state index in [4.69, 9.17) is 0 Å². The van der Waals surface area contributed by atoms with Gasteiger partial charge in [0.25, 0.3) is 0 Å². The zero-order valence-electron chi connectivity index (χ0n) is 17.0. The van der Waals surface area contributed by atoms with E-state index < -0.39 is 15.8 Å². The van der Waals surface area contributed by atoms with Crippen molar-refractivity contribution in [2.75, 3.05) is 11.9 Å². The fourth-order valence-electron chi connectivity index (χ4n) is 3.23. The van der Waals surface area contributed by atoms with Crippen molar-refractivity contribution in [3.05, 3.63) is 72.5 Å². The van der Waals surface area contributed by atoms with E-state index in [1.807, 2.05) is 49.4 Å². The highest BCUT2D eigenvalue weighted by atomic mass is 32.2. The van der Waals surface area contributed by atoms with Crippen LogP contribution in [-0.2, 0) is 14.8 Å². The molecule has 0 aliphatic carbocycles. The minimum atomic E-state index is -3.84. The molecule has 1 atom stereocenters. The van der Waals surface area contributed by atoms with Crippen LogP contribution >= 0.6 is 0 Å². The van der Waals surface area contributed by atoms with E-state index in [1.165, 1.54) is 16.4 Å². The minimum Gasteiger partial charge on any atom is -0.326 e. The largest absolute Gasteiger partial charge is 0.326 e. The first-order chi connectivity index (χ1) is 14.3. The lowest BCUT2D eigenvalue weighted by Crippen LogP contribution is -2.40. The number of fused-ring (bicyclic) bond motifs is 1. The van der Waals surface area contributed by atoms with Gasteiger partial charge >= 0.3 is 0 Å². The lowest BCUT2D eigenvalue weighted by Gasteiger charge is -2.27. The SMILES string of the molecule is CCC(C)N(CCC(=O)Nc1ccc2ccccc2c1)S(=O)(=O)c1ccc(F)cc1. The van der Waals surface area contributed by atoms with Gasteiger partial charge in [-0.15, -0.1) is 0 Å². The van der Waals surface area contributed by atoms with Gasteiger partial charge in [0, 0.05) is 24.7 Å². The van der Waals surface area contributed by atoms with Gasteiger partial charge < -0.3 is 5.32 Å². The zero-order valence-corrected chi connectivity index (χ0v) is 17.8. The van der Waals surface area contributed by atoms with Gasteiger partial charge in [-0.05, 0) is 60.5 Å². The topological polar surface area (TPSA) is 66.5 Å². The highest BCUT2D eigenvalue weighted by molar-refractivity contribution is 7.89. The molecule has 1 unspecified atom stereocenters. The van der Waals surface area contributed by atoms with Crippen LogP contribution in [0.15, 0.2) is 71.6 Å². The third-order valence-electron chi connectivity index (χ3n) is 5.10. The normalized spacial score (nSPS) is 12.8. The molecule has 3 rings (SSSR count). The van der Waals surface area contributed by atoms with E-state index in [2.05, 4.69) is 5.32 Å². The number of benzene rings is 3. The lowest BCUT2D eigenvalue weighted by atomic mass is 10.1. The van der Waals surface area contributed by atoms with Gasteiger partial charge in [0.1, 0.15) is 5.82 Å². The molecular formula is C23H25FN2O3S. The molecule has 0 spiro atoms. The van der Waals surface area contributed by atoms with Crippen molar-refractivity contribution in [3.63, 3.8) is 0 Å². The van der Waals surface area contributed by atoms with Crippen LogP contribution in [-0.4, -0.2) is 31.2 Å². The molecule has 0 aliphatic heterocycles. The van der Waals surface area contributed by atoms with Gasteiger partial charge in [-0.3, -0.25) is 4.79 Å². The molecule has 7 heteroatoms. The Morgan fingerprint density at radius 2 is 1.70 bits per heavy atom. The van der Waals surface area contributed by atoms with Crippen molar-refractivity contribution in [1.82, 2.24) is 4.31 Å². The number of hydrogen-bond donors (Lipinski definition) is 1. The average Bonchev–Trinajstić information content (AvgIpc) is 2.73. The van der Waals surface area contributed by atoms with Crippen molar-refractivity contribution in [1.29, 1.82) is 0 Å². The summed E-state index contributed by atoms with van der Waals surface area (Å²) in [6.45, 7) is 3.71. The Kier molecular flexibility index (Phi) is 6.84. The molecule has 1 N–H and O–H groups in total. The molecule has 0 heterocycles. The van der Waals surface area contributed by atoms with E-state index in [-0.39, 0.29) is 29.8 Å². The summed E-state index contributed by atoms with van der Waals surface area (Å²) in [6, 6.07) is 17.9. The summed E-state index contributed by atoms with van der Waals surface area (Å²) >= 11 is 0. The molecular weight excluding hydrogens is 403 g/mol. The number of sulfonamides is 1. The Morgan fingerprint density at radius 1 is 1.03 bits per heavy atom. The van der Waals surface area contributed by atoms with E-state index in [1.54, 1.807) is 6.92 Å². The fraction of sp³-hybridized carbons (Fsp3) is 0.261. The first kappa shape index (κ1) is 21.9. The second kappa shape index (κ2) is 9.36. The number of hydrogen-bond acceptors (Lipinski definition) is 3. The Labute approximate surface area is 176 Å². The smallest absolute Gasteiger partial charge is 0.243 e. The predicted molar refractivity (Wildman–Crippen MR) is 117 cm³/mol. The highest BCUT2D eigenvalue weighted by Crippen LogP contribution is 2.22. The average molecular weight is 429 g/mol. The number of halogens is 1. The molecule has 30 heavy (non-hydrogen) atoms. The van der Waals surface area contributed by atoms with Crippen LogP contribution in [0, 0.1) is 5.82 Å². The number of carbonyl (C=O) groups excluding carboxylic acids is 1. The summed E-state index contributed by atoms with van der Waals surface area (Å²) in [5, 5.41) is 4.92. The minimum absolute atomic E-state index is 0.0115. The molecule has 5 nitrogen and oxygen atoms in total. The monoisotopic (exact) mass is 428 g/mol. The van der Waals surface area contributed by atoms with Crippen LogP contribution in [0.2, 0.25) is 0 Å². The first-order valence-electron chi connectivity index (χ1n) is 9.87. The van der Waals surface area contributed by atoms with Gasteiger partial charge in [0.05, 0.1) is 4.90 Å². The maximum atomic E-state index is 13.2. The van der Waals surface area contributed by atoms with Crippen LogP contribution in [0.3, 0.4) is 0 Å². The molecule has 0 fully saturated rings. The summed E-state index contributed by atoms with van der Waals surface area (Å²) in [7, 11) is -3.84. The Balaban J connectivity index is 1.72. The first-order valence-corrected chi connectivity index (χ1v) is 11.3. The molecule has 0 aliphatic rings. The Morgan fingerprint density at radius 3 is 2.37 bits per heavy atom. The van der Waals surface area contributed by atoms with Crippen molar-refractivity contribution < 1.29 is 17.6 Å². The van der Waals surface area contributed by atoms with Crippen LogP contribution in [0.25, 0.3) is 10.8 Å². The van der Waals surface area contributed by atoms with E-state index in [9.17, 15) is 17.6 Å². The molecule has 158 valence electrons. The second-order valence-electron chi connectivity index (χ2n) is 7.19. The number of anilines is 1. The highest BCUT2D eigenvalue weighted by Gasteiger charge is 2.28. The summed E-state index contributed by atoms with van der Waals surface area (Å²) < 4.78 is 40.6. The summed E-state index contributed by atoms with van der Waals surface area (Å²) in [5.41, 5.74) is 0.662. The number of nitrogens with one attached hydrogen (secondary N) is 1. The molecule has 0 radical (unpaired) electrons. The van der Waals surface area contributed by atoms with Gasteiger partial charge in [0.15, 0.2) is 0 Å². The Bertz CT molecular complexity index is 1130. The van der Waals surface area contributed by atoms with Crippen LogP contribution in [0.5, 0.6) is 0 Å². The van der Waals surface area contributed by atoms with Crippen molar-refractivity contribution in [3.8, 4) is 0 Å². The molecule has 1 amide bonds. The summed E-state index contributed by atoms with van der Waals surface area (Å²) in [4.78, 5) is 12.5. The lowest BCUT2D eigenvalue weighted by molar-refractivity contribution is -0.116. The van der Waals surface area contributed by atoms with E-state index >= 15 is 0 Å². The van der Waals surface area contributed by atoms with Crippen LogP contribution in [0.4, 0.5) is 10.1 Å². The third kappa shape index (κ3) is 5.04.